The zero-order chi connectivity index (χ0) is 18.4. The van der Waals surface area contributed by atoms with Crippen molar-refractivity contribution in [2.24, 2.45) is 0 Å². The Balaban J connectivity index is 0.000000701. The van der Waals surface area contributed by atoms with Gasteiger partial charge in [0.2, 0.25) is 0 Å². The Hall–Kier alpha value is -2.06. The molecule has 7 nitrogen and oxygen atoms in total. The molecule has 0 saturated carbocycles. The Morgan fingerprint density at radius 1 is 1.12 bits per heavy atom. The first kappa shape index (κ1) is 19.3. The highest BCUT2D eigenvalue weighted by Crippen LogP contribution is 2.25. The van der Waals surface area contributed by atoms with Gasteiger partial charge in [-0.3, -0.25) is 0 Å². The molecule has 1 atom stereocenters. The number of nitrogen functional groups attached to an aromatic ring is 2. The maximum Gasteiger partial charge on any atom is 0.164 e. The summed E-state index contributed by atoms with van der Waals surface area (Å²) < 4.78 is 5.47. The van der Waals surface area contributed by atoms with Crippen LogP contribution in [0, 0.1) is 6.92 Å². The summed E-state index contributed by atoms with van der Waals surface area (Å²) in [6.07, 6.45) is 4.08. The lowest BCUT2D eigenvalue weighted by atomic mass is 10.2. The summed E-state index contributed by atoms with van der Waals surface area (Å²) >= 11 is 1.75. The fourth-order valence-electron chi connectivity index (χ4n) is 2.62. The van der Waals surface area contributed by atoms with Crippen molar-refractivity contribution >= 4 is 29.2 Å². The third-order valence-electron chi connectivity index (χ3n) is 3.63. The lowest BCUT2D eigenvalue weighted by molar-refractivity contribution is 0.0985. The van der Waals surface area contributed by atoms with Crippen molar-refractivity contribution in [2.45, 2.75) is 19.9 Å². The average Bonchev–Trinajstić information content (AvgIpc) is 2.54. The predicted octanol–water partition coefficient (Wildman–Crippen LogP) is 2.22. The van der Waals surface area contributed by atoms with E-state index in [1.54, 1.807) is 23.9 Å². The van der Waals surface area contributed by atoms with Crippen molar-refractivity contribution in [3.63, 3.8) is 0 Å². The Morgan fingerprint density at radius 2 is 1.80 bits per heavy atom. The Bertz CT molecular complexity index is 691. The zero-order valence-corrected chi connectivity index (χ0v) is 16.0. The van der Waals surface area contributed by atoms with Gasteiger partial charge >= 0.3 is 0 Å². The molecule has 0 amide bonds. The first-order valence-corrected chi connectivity index (χ1v) is 9.71. The van der Waals surface area contributed by atoms with E-state index in [9.17, 15) is 0 Å². The van der Waals surface area contributed by atoms with E-state index in [2.05, 4.69) is 26.8 Å². The van der Waals surface area contributed by atoms with E-state index in [4.69, 9.17) is 16.2 Å². The van der Waals surface area contributed by atoms with Gasteiger partial charge in [-0.1, -0.05) is 0 Å². The van der Waals surface area contributed by atoms with Crippen LogP contribution in [0.5, 0.6) is 0 Å². The van der Waals surface area contributed by atoms with E-state index < -0.39 is 0 Å². The number of aromatic nitrogens is 3. The van der Waals surface area contributed by atoms with Gasteiger partial charge in [-0.15, -0.1) is 0 Å². The normalized spacial score (nSPS) is 17.0. The molecule has 8 heteroatoms. The third-order valence-corrected chi connectivity index (χ3v) is 3.63. The van der Waals surface area contributed by atoms with Crippen LogP contribution in [0.3, 0.4) is 0 Å². The summed E-state index contributed by atoms with van der Waals surface area (Å²) in [5.74, 6) is 2.26. The molecule has 2 aromatic rings. The van der Waals surface area contributed by atoms with Crippen LogP contribution >= 0.6 is 11.8 Å². The summed E-state index contributed by atoms with van der Waals surface area (Å²) in [4.78, 5) is 15.3. The van der Waals surface area contributed by atoms with Gasteiger partial charge in [0.1, 0.15) is 17.5 Å². The lowest BCUT2D eigenvalue weighted by Gasteiger charge is -2.34. The van der Waals surface area contributed by atoms with Gasteiger partial charge in [0, 0.05) is 23.9 Å². The molecule has 0 spiro atoms. The van der Waals surface area contributed by atoms with Gasteiger partial charge in [-0.05, 0) is 38.5 Å². The summed E-state index contributed by atoms with van der Waals surface area (Å²) in [5, 5.41) is 0. The van der Waals surface area contributed by atoms with Crippen molar-refractivity contribution < 1.29 is 4.74 Å². The molecule has 0 bridgehead atoms. The molecule has 2 aromatic heterocycles. The fourth-order valence-corrected chi connectivity index (χ4v) is 2.62. The van der Waals surface area contributed by atoms with E-state index in [1.165, 1.54) is 0 Å². The minimum Gasteiger partial charge on any atom is -0.384 e. The predicted molar refractivity (Wildman–Crippen MR) is 106 cm³/mol. The zero-order valence-electron chi connectivity index (χ0n) is 15.2. The molecule has 1 unspecified atom stereocenters. The molecule has 0 aliphatic carbocycles. The minimum atomic E-state index is 0.250. The van der Waals surface area contributed by atoms with Crippen LogP contribution in [0.15, 0.2) is 18.2 Å². The number of nitrogens with two attached hydrogens (primary N) is 2. The van der Waals surface area contributed by atoms with E-state index >= 15 is 0 Å². The van der Waals surface area contributed by atoms with Crippen molar-refractivity contribution in [3.05, 3.63) is 23.9 Å². The highest BCUT2D eigenvalue weighted by Gasteiger charge is 2.21. The first-order chi connectivity index (χ1) is 11.9. The Morgan fingerprint density at radius 3 is 2.44 bits per heavy atom. The molecule has 3 heterocycles. The van der Waals surface area contributed by atoms with E-state index in [-0.39, 0.29) is 6.04 Å². The van der Waals surface area contributed by atoms with Crippen LogP contribution in [0.1, 0.15) is 12.6 Å². The lowest BCUT2D eigenvalue weighted by Crippen LogP contribution is -2.44. The molecular formula is C17H26N6OS. The molecule has 0 aromatic carbocycles. The molecule has 1 aliphatic heterocycles. The van der Waals surface area contributed by atoms with Crippen LogP contribution in [-0.2, 0) is 4.74 Å². The number of pyridine rings is 1. The summed E-state index contributed by atoms with van der Waals surface area (Å²) in [6.45, 7) is 6.14. The molecule has 3 rings (SSSR count). The number of thioether (sulfide) groups is 1. The number of ether oxygens (including phenoxy) is 1. The summed E-state index contributed by atoms with van der Waals surface area (Å²) in [6, 6.07) is 5.70. The number of rotatable bonds is 2. The van der Waals surface area contributed by atoms with Gasteiger partial charge < -0.3 is 21.1 Å². The molecule has 136 valence electrons. The summed E-state index contributed by atoms with van der Waals surface area (Å²) in [5.41, 5.74) is 13.4. The second-order valence-electron chi connectivity index (χ2n) is 5.92. The van der Waals surface area contributed by atoms with Gasteiger partial charge in [-0.25, -0.2) is 15.0 Å². The maximum absolute atomic E-state index is 5.97. The topological polar surface area (TPSA) is 103 Å². The highest BCUT2D eigenvalue weighted by molar-refractivity contribution is 7.97. The van der Waals surface area contributed by atoms with E-state index in [0.29, 0.717) is 30.7 Å². The van der Waals surface area contributed by atoms with Gasteiger partial charge in [0.25, 0.3) is 0 Å². The SMILES string of the molecule is CSC.Cc1cc(-c2nc(N)cc(N3CCOCC3C)n2)cc(N)n1. The number of anilines is 3. The second kappa shape index (κ2) is 8.87. The number of hydrogen-bond acceptors (Lipinski definition) is 8. The molecule has 4 N–H and O–H groups in total. The molecule has 1 aliphatic rings. The Labute approximate surface area is 153 Å². The number of hydrogen-bond donors (Lipinski definition) is 2. The largest absolute Gasteiger partial charge is 0.384 e. The smallest absolute Gasteiger partial charge is 0.164 e. The monoisotopic (exact) mass is 362 g/mol. The summed E-state index contributed by atoms with van der Waals surface area (Å²) in [7, 11) is 0. The van der Waals surface area contributed by atoms with Crippen LogP contribution < -0.4 is 16.4 Å². The van der Waals surface area contributed by atoms with Crippen molar-refractivity contribution in [1.82, 2.24) is 15.0 Å². The molecular weight excluding hydrogens is 336 g/mol. The van der Waals surface area contributed by atoms with E-state index in [0.717, 1.165) is 23.6 Å². The van der Waals surface area contributed by atoms with Crippen molar-refractivity contribution in [1.29, 1.82) is 0 Å². The minimum absolute atomic E-state index is 0.250. The van der Waals surface area contributed by atoms with Gasteiger partial charge in [-0.2, -0.15) is 11.8 Å². The second-order valence-corrected chi connectivity index (χ2v) is 6.74. The first-order valence-electron chi connectivity index (χ1n) is 8.08. The molecule has 1 saturated heterocycles. The van der Waals surface area contributed by atoms with Crippen LogP contribution in [0.4, 0.5) is 17.5 Å². The average molecular weight is 363 g/mol. The number of morpholine rings is 1. The van der Waals surface area contributed by atoms with Crippen LogP contribution in [0.25, 0.3) is 11.4 Å². The molecule has 25 heavy (non-hydrogen) atoms. The molecule has 1 fully saturated rings. The maximum atomic E-state index is 5.97. The van der Waals surface area contributed by atoms with Crippen LogP contribution in [-0.4, -0.2) is 53.3 Å². The van der Waals surface area contributed by atoms with Gasteiger partial charge in [0.05, 0.1) is 19.3 Å². The highest BCUT2D eigenvalue weighted by atomic mass is 32.2. The number of aryl methyl sites for hydroxylation is 1. The van der Waals surface area contributed by atoms with Crippen LogP contribution in [0.2, 0.25) is 0 Å². The molecule has 0 radical (unpaired) electrons. The fraction of sp³-hybridized carbons (Fsp3) is 0.471. The Kier molecular flexibility index (Phi) is 6.83. The van der Waals surface area contributed by atoms with E-state index in [1.807, 2.05) is 25.5 Å². The van der Waals surface area contributed by atoms with Crippen molar-refractivity contribution in [3.8, 4) is 11.4 Å². The third kappa shape index (κ3) is 5.20. The number of nitrogens with zero attached hydrogens (tertiary/aromatic N) is 4. The van der Waals surface area contributed by atoms with Gasteiger partial charge in [0.15, 0.2) is 5.82 Å². The standard InChI is InChI=1S/C15H20N6O.C2H6S/c1-9-5-11(6-12(16)18-9)15-19-13(17)7-14(20-15)21-3-4-22-8-10(21)2;1-3-2/h5-7,10H,3-4,8H2,1-2H3,(H2,16,18)(H2,17,19,20);1-2H3. The van der Waals surface area contributed by atoms with Crippen molar-refractivity contribution in [2.75, 3.05) is 48.6 Å². The quantitative estimate of drug-likeness (QED) is 0.838.